The zero-order valence-electron chi connectivity index (χ0n) is 14.3. The number of aromatic nitrogens is 2. The summed E-state index contributed by atoms with van der Waals surface area (Å²) in [6.45, 7) is 0. The van der Waals surface area contributed by atoms with Crippen LogP contribution in [0.5, 0.6) is 0 Å². The van der Waals surface area contributed by atoms with Gasteiger partial charge in [0.05, 0.1) is 12.6 Å². The van der Waals surface area contributed by atoms with Crippen molar-refractivity contribution in [3.05, 3.63) is 59.3 Å². The molecule has 3 aromatic rings. The molecular formula is C19H15F2N3O3. The summed E-state index contributed by atoms with van der Waals surface area (Å²) in [6.07, 6.45) is 0.568. The van der Waals surface area contributed by atoms with E-state index in [2.05, 4.69) is 20.3 Å². The van der Waals surface area contributed by atoms with E-state index in [0.717, 1.165) is 12.1 Å². The van der Waals surface area contributed by atoms with E-state index in [0.29, 0.717) is 28.6 Å². The van der Waals surface area contributed by atoms with Gasteiger partial charge in [0.25, 0.3) is 0 Å². The molecule has 1 fully saturated rings. The van der Waals surface area contributed by atoms with Crippen molar-refractivity contribution in [1.82, 2.24) is 10.2 Å². The first-order chi connectivity index (χ1) is 13.0. The molecule has 1 amide bonds. The third kappa shape index (κ3) is 3.14. The van der Waals surface area contributed by atoms with Gasteiger partial charge in [-0.1, -0.05) is 6.07 Å². The van der Waals surface area contributed by atoms with E-state index >= 15 is 0 Å². The zero-order chi connectivity index (χ0) is 19.1. The van der Waals surface area contributed by atoms with Crippen molar-refractivity contribution in [3.8, 4) is 0 Å². The van der Waals surface area contributed by atoms with Crippen LogP contribution in [0, 0.1) is 17.6 Å². The molecule has 1 aromatic heterocycles. The predicted octanol–water partition coefficient (Wildman–Crippen LogP) is 3.37. The topological polar surface area (TPSA) is 84.1 Å². The number of carbonyl (C=O) groups excluding carboxylic acids is 2. The van der Waals surface area contributed by atoms with Crippen LogP contribution in [-0.2, 0) is 9.53 Å². The van der Waals surface area contributed by atoms with Gasteiger partial charge in [-0.05, 0) is 48.2 Å². The third-order valence-electron chi connectivity index (χ3n) is 4.71. The first-order valence-corrected chi connectivity index (χ1v) is 8.30. The Morgan fingerprint density at radius 1 is 1.19 bits per heavy atom. The number of hydrogen-bond acceptors (Lipinski definition) is 4. The average Bonchev–Trinajstić information content (AvgIpc) is 3.36. The Bertz CT molecular complexity index is 1060. The van der Waals surface area contributed by atoms with E-state index in [1.807, 2.05) is 0 Å². The molecule has 2 N–H and O–H groups in total. The second-order valence-electron chi connectivity index (χ2n) is 6.44. The minimum Gasteiger partial charge on any atom is -0.464 e. The summed E-state index contributed by atoms with van der Waals surface area (Å²) in [5, 5.41) is 9.98. The molecule has 4 rings (SSSR count). The molecule has 0 radical (unpaired) electrons. The number of H-pyrrole nitrogens is 1. The number of ether oxygens (including phenoxy) is 1. The van der Waals surface area contributed by atoms with Crippen LogP contribution in [0.2, 0.25) is 0 Å². The summed E-state index contributed by atoms with van der Waals surface area (Å²) in [6, 6.07) is 8.72. The third-order valence-corrected chi connectivity index (χ3v) is 4.71. The predicted molar refractivity (Wildman–Crippen MR) is 93.3 cm³/mol. The average molecular weight is 371 g/mol. The number of methoxy groups -OCH3 is 1. The summed E-state index contributed by atoms with van der Waals surface area (Å²) in [5.74, 6) is -3.06. The Balaban J connectivity index is 1.50. The molecule has 0 bridgehead atoms. The van der Waals surface area contributed by atoms with Crippen LogP contribution in [0.3, 0.4) is 0 Å². The molecule has 2 aromatic carbocycles. The fraction of sp³-hybridized carbons (Fsp3) is 0.211. The van der Waals surface area contributed by atoms with Gasteiger partial charge in [0.15, 0.2) is 17.3 Å². The van der Waals surface area contributed by atoms with Gasteiger partial charge in [0.1, 0.15) is 0 Å². The second-order valence-corrected chi connectivity index (χ2v) is 6.44. The van der Waals surface area contributed by atoms with Gasteiger partial charge in [0, 0.05) is 17.0 Å². The molecule has 1 aliphatic rings. The maximum Gasteiger partial charge on any atom is 0.359 e. The van der Waals surface area contributed by atoms with E-state index < -0.39 is 17.6 Å². The van der Waals surface area contributed by atoms with Gasteiger partial charge < -0.3 is 10.1 Å². The lowest BCUT2D eigenvalue weighted by atomic mass is 10.1. The number of hydrogen-bond donors (Lipinski definition) is 2. The fourth-order valence-electron chi connectivity index (χ4n) is 3.18. The van der Waals surface area contributed by atoms with Gasteiger partial charge in [0.2, 0.25) is 5.91 Å². The van der Waals surface area contributed by atoms with E-state index in [4.69, 9.17) is 0 Å². The Kier molecular flexibility index (Phi) is 4.10. The highest BCUT2D eigenvalue weighted by molar-refractivity contribution is 6.04. The van der Waals surface area contributed by atoms with Crippen molar-refractivity contribution in [2.75, 3.05) is 12.4 Å². The van der Waals surface area contributed by atoms with Gasteiger partial charge in [-0.2, -0.15) is 5.10 Å². The van der Waals surface area contributed by atoms with Crippen LogP contribution in [0.4, 0.5) is 14.5 Å². The molecule has 1 heterocycles. The number of rotatable bonds is 4. The Morgan fingerprint density at radius 2 is 2.00 bits per heavy atom. The summed E-state index contributed by atoms with van der Waals surface area (Å²) in [4.78, 5) is 24.2. The van der Waals surface area contributed by atoms with E-state index in [1.54, 1.807) is 18.2 Å². The van der Waals surface area contributed by atoms with Crippen molar-refractivity contribution in [2.24, 2.45) is 5.92 Å². The molecule has 138 valence electrons. The van der Waals surface area contributed by atoms with Crippen molar-refractivity contribution >= 4 is 28.5 Å². The largest absolute Gasteiger partial charge is 0.464 e. The van der Waals surface area contributed by atoms with Crippen molar-refractivity contribution in [3.63, 3.8) is 0 Å². The number of anilines is 1. The summed E-state index contributed by atoms with van der Waals surface area (Å²) >= 11 is 0. The number of nitrogens with zero attached hydrogens (tertiary/aromatic N) is 1. The Morgan fingerprint density at radius 3 is 2.74 bits per heavy atom. The van der Waals surface area contributed by atoms with Crippen molar-refractivity contribution in [2.45, 2.75) is 12.3 Å². The Labute approximate surface area is 152 Å². The number of esters is 1. The normalized spacial score (nSPS) is 18.3. The number of aromatic amines is 1. The number of fused-ring (bicyclic) bond motifs is 1. The second kappa shape index (κ2) is 6.46. The molecule has 0 spiro atoms. The van der Waals surface area contributed by atoms with Crippen LogP contribution in [0.15, 0.2) is 36.4 Å². The standard InChI is InChI=1S/C19H15F2N3O3/c1-27-19(26)17-13-7-10(3-5-16(13)23-24-17)22-18(25)12-8-11(12)9-2-4-14(20)15(21)6-9/h2-7,11-12H,8H2,1H3,(H,22,25)(H,23,24). The minimum absolute atomic E-state index is 0.134. The number of carbonyl (C=O) groups is 2. The van der Waals surface area contributed by atoms with Crippen LogP contribution in [0.1, 0.15) is 28.4 Å². The van der Waals surface area contributed by atoms with E-state index in [9.17, 15) is 18.4 Å². The van der Waals surface area contributed by atoms with Crippen molar-refractivity contribution in [1.29, 1.82) is 0 Å². The molecule has 2 unspecified atom stereocenters. The summed E-state index contributed by atoms with van der Waals surface area (Å²) in [5.41, 5.74) is 1.89. The zero-order valence-corrected chi connectivity index (χ0v) is 14.3. The van der Waals surface area contributed by atoms with Crippen LogP contribution >= 0.6 is 0 Å². The number of amides is 1. The van der Waals surface area contributed by atoms with Gasteiger partial charge >= 0.3 is 5.97 Å². The quantitative estimate of drug-likeness (QED) is 0.689. The highest BCUT2D eigenvalue weighted by Crippen LogP contribution is 2.48. The molecule has 0 saturated heterocycles. The highest BCUT2D eigenvalue weighted by atomic mass is 19.2. The maximum absolute atomic E-state index is 13.4. The summed E-state index contributed by atoms with van der Waals surface area (Å²) in [7, 11) is 1.26. The fourth-order valence-corrected chi connectivity index (χ4v) is 3.18. The number of benzene rings is 2. The molecule has 1 aliphatic carbocycles. The lowest BCUT2D eigenvalue weighted by Crippen LogP contribution is -2.14. The molecule has 2 atom stereocenters. The molecule has 0 aliphatic heterocycles. The van der Waals surface area contributed by atoms with Gasteiger partial charge in [-0.3, -0.25) is 9.89 Å². The first kappa shape index (κ1) is 17.1. The molecule has 8 heteroatoms. The lowest BCUT2D eigenvalue weighted by molar-refractivity contribution is -0.117. The smallest absolute Gasteiger partial charge is 0.359 e. The molecular weight excluding hydrogens is 356 g/mol. The molecule has 6 nitrogen and oxygen atoms in total. The van der Waals surface area contributed by atoms with Crippen LogP contribution < -0.4 is 5.32 Å². The van der Waals surface area contributed by atoms with Crippen molar-refractivity contribution < 1.29 is 23.1 Å². The molecule has 1 saturated carbocycles. The molecule has 27 heavy (non-hydrogen) atoms. The van der Waals surface area contributed by atoms with Crippen LogP contribution in [0.25, 0.3) is 10.9 Å². The monoisotopic (exact) mass is 371 g/mol. The van der Waals surface area contributed by atoms with Gasteiger partial charge in [-0.15, -0.1) is 0 Å². The van der Waals surface area contributed by atoms with Crippen LogP contribution in [-0.4, -0.2) is 29.2 Å². The summed E-state index contributed by atoms with van der Waals surface area (Å²) < 4.78 is 31.1. The maximum atomic E-state index is 13.4. The lowest BCUT2D eigenvalue weighted by Gasteiger charge is -2.06. The van der Waals surface area contributed by atoms with Gasteiger partial charge in [-0.25, -0.2) is 13.6 Å². The first-order valence-electron chi connectivity index (χ1n) is 8.30. The number of halogens is 2. The highest BCUT2D eigenvalue weighted by Gasteiger charge is 2.44. The number of nitrogens with one attached hydrogen (secondary N) is 2. The minimum atomic E-state index is -0.917. The van der Waals surface area contributed by atoms with E-state index in [-0.39, 0.29) is 23.4 Å². The Hall–Kier alpha value is -3.29. The SMILES string of the molecule is COC(=O)c1n[nH]c2ccc(NC(=O)C3CC3c3ccc(F)c(F)c3)cc12. The van der Waals surface area contributed by atoms with E-state index in [1.165, 1.54) is 13.2 Å².